The Labute approximate surface area is 103 Å². The van der Waals surface area contributed by atoms with Gasteiger partial charge in [-0.15, -0.1) is 11.3 Å². The number of rotatable bonds is 3. The highest BCUT2D eigenvalue weighted by atomic mass is 35.5. The first-order valence-electron chi connectivity index (χ1n) is 5.07. The number of aliphatic hydroxyl groups excluding tert-OH is 1. The average molecular weight is 257 g/mol. The first kappa shape index (κ1) is 11.6. The van der Waals surface area contributed by atoms with E-state index in [2.05, 4.69) is 12.0 Å². The topological polar surface area (TPSA) is 38.1 Å². The minimum absolute atomic E-state index is 0.501. The summed E-state index contributed by atoms with van der Waals surface area (Å²) in [6.07, 6.45) is 1.84. The summed E-state index contributed by atoms with van der Waals surface area (Å²) in [4.78, 5) is 2.16. The summed E-state index contributed by atoms with van der Waals surface area (Å²) in [5.74, 6) is 0. The number of hydrogen-bond acceptors (Lipinski definition) is 3. The molecule has 2 heterocycles. The van der Waals surface area contributed by atoms with E-state index in [1.54, 1.807) is 29.3 Å². The van der Waals surface area contributed by atoms with E-state index in [0.29, 0.717) is 10.7 Å². The van der Waals surface area contributed by atoms with Crippen LogP contribution >= 0.6 is 22.9 Å². The Kier molecular flexibility index (Phi) is 3.33. The molecule has 1 unspecified atom stereocenters. The lowest BCUT2D eigenvalue weighted by Crippen LogP contribution is -2.05. The molecule has 86 valence electrons. The summed E-state index contributed by atoms with van der Waals surface area (Å²) in [5.41, 5.74) is 0.645. The molecular weight excluding hydrogens is 244 g/mol. The highest BCUT2D eigenvalue weighted by molar-refractivity contribution is 7.12. The van der Waals surface area contributed by atoms with Gasteiger partial charge in [0.05, 0.1) is 16.9 Å². The maximum absolute atomic E-state index is 10.2. The third-order valence-electron chi connectivity index (χ3n) is 2.50. The Morgan fingerprint density at radius 1 is 1.56 bits per heavy atom. The molecule has 0 aliphatic rings. The molecule has 5 heteroatoms. The van der Waals surface area contributed by atoms with Crippen molar-refractivity contribution in [2.24, 2.45) is 7.05 Å². The van der Waals surface area contributed by atoms with Crippen molar-refractivity contribution in [2.45, 2.75) is 19.4 Å². The van der Waals surface area contributed by atoms with E-state index in [9.17, 15) is 5.11 Å². The lowest BCUT2D eigenvalue weighted by molar-refractivity contribution is 0.213. The molecule has 1 N–H and O–H groups in total. The molecule has 1 atom stereocenters. The van der Waals surface area contributed by atoms with E-state index < -0.39 is 6.10 Å². The summed E-state index contributed by atoms with van der Waals surface area (Å²) in [7, 11) is 1.78. The number of hydrogen-bond donors (Lipinski definition) is 1. The Hall–Kier alpha value is -0.840. The van der Waals surface area contributed by atoms with Crippen LogP contribution in [0.1, 0.15) is 28.5 Å². The van der Waals surface area contributed by atoms with E-state index in [-0.39, 0.29) is 0 Å². The Morgan fingerprint density at radius 3 is 2.81 bits per heavy atom. The predicted molar refractivity (Wildman–Crippen MR) is 66.0 cm³/mol. The lowest BCUT2D eigenvalue weighted by Gasteiger charge is -2.09. The molecule has 0 radical (unpaired) electrons. The van der Waals surface area contributed by atoms with Gasteiger partial charge in [-0.2, -0.15) is 5.10 Å². The van der Waals surface area contributed by atoms with Crippen molar-refractivity contribution in [3.8, 4) is 0 Å². The second-order valence-electron chi connectivity index (χ2n) is 3.56. The lowest BCUT2D eigenvalue weighted by atomic mass is 10.2. The average Bonchev–Trinajstić information content (AvgIpc) is 2.85. The molecular formula is C11H13ClN2OS. The van der Waals surface area contributed by atoms with Crippen molar-refractivity contribution in [1.29, 1.82) is 0 Å². The van der Waals surface area contributed by atoms with Crippen molar-refractivity contribution in [1.82, 2.24) is 9.78 Å². The van der Waals surface area contributed by atoms with Crippen LogP contribution < -0.4 is 0 Å². The highest BCUT2D eigenvalue weighted by Gasteiger charge is 2.19. The summed E-state index contributed by atoms with van der Waals surface area (Å²) < 4.78 is 1.61. The zero-order chi connectivity index (χ0) is 11.7. The minimum atomic E-state index is -0.690. The number of nitrogens with zero attached hydrogens (tertiary/aromatic N) is 2. The first-order valence-corrected chi connectivity index (χ1v) is 6.27. The molecule has 2 rings (SSSR count). The number of halogens is 1. The van der Waals surface area contributed by atoms with Crippen molar-refractivity contribution >= 4 is 22.9 Å². The molecule has 0 saturated heterocycles. The van der Waals surface area contributed by atoms with Gasteiger partial charge < -0.3 is 5.11 Å². The third-order valence-corrected chi connectivity index (χ3v) is 4.07. The van der Waals surface area contributed by atoms with Crippen LogP contribution in [0.2, 0.25) is 5.02 Å². The summed E-state index contributed by atoms with van der Waals surface area (Å²) in [6, 6.07) is 3.98. The fourth-order valence-electron chi connectivity index (χ4n) is 1.59. The van der Waals surface area contributed by atoms with Crippen LogP contribution in [0.4, 0.5) is 0 Å². The van der Waals surface area contributed by atoms with Crippen LogP contribution in [0.3, 0.4) is 0 Å². The molecule has 0 aliphatic carbocycles. The number of aliphatic hydroxyl groups is 1. The van der Waals surface area contributed by atoms with E-state index in [1.165, 1.54) is 4.88 Å². The van der Waals surface area contributed by atoms with Crippen molar-refractivity contribution < 1.29 is 5.11 Å². The second-order valence-corrected chi connectivity index (χ2v) is 5.17. The fourth-order valence-corrected chi connectivity index (χ4v) is 2.81. The molecule has 2 aromatic rings. The quantitative estimate of drug-likeness (QED) is 0.917. The Bertz CT molecular complexity index is 472. The van der Waals surface area contributed by atoms with Gasteiger partial charge in [0.15, 0.2) is 0 Å². The molecule has 0 fully saturated rings. The number of thiophene rings is 1. The number of aryl methyl sites for hydroxylation is 2. The normalized spacial score (nSPS) is 13.0. The molecule has 0 amide bonds. The zero-order valence-corrected chi connectivity index (χ0v) is 10.7. The molecule has 2 aromatic heterocycles. The molecule has 3 nitrogen and oxygen atoms in total. The van der Waals surface area contributed by atoms with Gasteiger partial charge in [-0.05, 0) is 18.6 Å². The molecule has 0 bridgehead atoms. The minimum Gasteiger partial charge on any atom is -0.381 e. The van der Waals surface area contributed by atoms with E-state index in [4.69, 9.17) is 11.6 Å². The maximum atomic E-state index is 10.2. The fraction of sp³-hybridized carbons (Fsp3) is 0.364. The highest BCUT2D eigenvalue weighted by Crippen LogP contribution is 2.31. The van der Waals surface area contributed by atoms with Gasteiger partial charge in [-0.3, -0.25) is 4.68 Å². The van der Waals surface area contributed by atoms with Crippen molar-refractivity contribution in [3.05, 3.63) is 38.8 Å². The van der Waals surface area contributed by atoms with Gasteiger partial charge in [0.2, 0.25) is 0 Å². The molecule has 0 aliphatic heterocycles. The largest absolute Gasteiger partial charge is 0.381 e. The first-order chi connectivity index (χ1) is 7.63. The van der Waals surface area contributed by atoms with Crippen LogP contribution in [0, 0.1) is 0 Å². The molecule has 0 aromatic carbocycles. The zero-order valence-electron chi connectivity index (χ0n) is 9.14. The van der Waals surface area contributed by atoms with Crippen LogP contribution in [0.25, 0.3) is 0 Å². The maximum Gasteiger partial charge on any atom is 0.131 e. The van der Waals surface area contributed by atoms with Crippen LogP contribution in [0.15, 0.2) is 18.3 Å². The summed E-state index contributed by atoms with van der Waals surface area (Å²) >= 11 is 7.60. The van der Waals surface area contributed by atoms with Gasteiger partial charge in [0.25, 0.3) is 0 Å². The molecule has 0 saturated carbocycles. The Morgan fingerprint density at radius 2 is 2.31 bits per heavy atom. The van der Waals surface area contributed by atoms with E-state index in [1.807, 2.05) is 12.1 Å². The number of aromatic nitrogens is 2. The van der Waals surface area contributed by atoms with Crippen LogP contribution in [-0.4, -0.2) is 14.9 Å². The van der Waals surface area contributed by atoms with Gasteiger partial charge >= 0.3 is 0 Å². The van der Waals surface area contributed by atoms with Crippen LogP contribution in [0.5, 0.6) is 0 Å². The third kappa shape index (κ3) is 2.00. The SMILES string of the molecule is CCc1ccc(C(O)c2c(Cl)cnn2C)s1. The molecule has 0 spiro atoms. The van der Waals surface area contributed by atoms with Crippen molar-refractivity contribution in [2.75, 3.05) is 0 Å². The predicted octanol–water partition coefficient (Wildman–Crippen LogP) is 2.78. The van der Waals surface area contributed by atoms with E-state index in [0.717, 1.165) is 11.3 Å². The van der Waals surface area contributed by atoms with Gasteiger partial charge in [0.1, 0.15) is 6.10 Å². The van der Waals surface area contributed by atoms with Gasteiger partial charge in [-0.1, -0.05) is 18.5 Å². The molecule has 16 heavy (non-hydrogen) atoms. The smallest absolute Gasteiger partial charge is 0.131 e. The van der Waals surface area contributed by atoms with Crippen LogP contribution in [-0.2, 0) is 13.5 Å². The summed E-state index contributed by atoms with van der Waals surface area (Å²) in [6.45, 7) is 2.10. The van der Waals surface area contributed by atoms with Crippen molar-refractivity contribution in [3.63, 3.8) is 0 Å². The summed E-state index contributed by atoms with van der Waals surface area (Å²) in [5, 5.41) is 14.7. The Balaban J connectivity index is 2.34. The van der Waals surface area contributed by atoms with Gasteiger partial charge in [-0.25, -0.2) is 0 Å². The monoisotopic (exact) mass is 256 g/mol. The second kappa shape index (κ2) is 4.57. The van der Waals surface area contributed by atoms with E-state index >= 15 is 0 Å². The standard InChI is InChI=1S/C11H13ClN2OS/c1-3-7-4-5-9(16-7)11(15)10-8(12)6-13-14(10)2/h4-6,11,15H,3H2,1-2H3. The van der Waals surface area contributed by atoms with Gasteiger partial charge in [0, 0.05) is 16.8 Å².